The Bertz CT molecular complexity index is 407. The fourth-order valence-electron chi connectivity index (χ4n) is 2.18. The molecule has 1 saturated heterocycles. The molecule has 20 heavy (non-hydrogen) atoms. The van der Waals surface area contributed by atoms with Crippen molar-refractivity contribution < 1.29 is 0 Å². The summed E-state index contributed by atoms with van der Waals surface area (Å²) in [6.07, 6.45) is 0. The van der Waals surface area contributed by atoms with Gasteiger partial charge >= 0.3 is 0 Å². The van der Waals surface area contributed by atoms with Crippen LogP contribution in [0.2, 0.25) is 0 Å². The molecule has 1 aromatic rings. The Morgan fingerprint density at radius 1 is 1.55 bits per heavy atom. The number of halogens is 1. The van der Waals surface area contributed by atoms with Crippen LogP contribution in [0.5, 0.6) is 0 Å². The molecule has 1 N–H and O–H groups in total. The first kappa shape index (κ1) is 18.1. The van der Waals surface area contributed by atoms with Crippen LogP contribution >= 0.6 is 47.1 Å². The second kappa shape index (κ2) is 9.15. The summed E-state index contributed by atoms with van der Waals surface area (Å²) < 4.78 is 0. The number of hydrogen-bond acceptors (Lipinski definition) is 3. The van der Waals surface area contributed by atoms with Crippen LogP contribution in [0.3, 0.4) is 0 Å². The standard InChI is InChI=1S/C14H23N3S2.HI/c1-11(2)13-10-17(6-8-19-13)14(15-3)16-9-12-5-4-7-18-12;/h4-5,7,11,13H,6,8-10H2,1-3H3,(H,15,16);1H. The number of hydrogen-bond donors (Lipinski definition) is 1. The summed E-state index contributed by atoms with van der Waals surface area (Å²) in [5.74, 6) is 2.96. The van der Waals surface area contributed by atoms with Gasteiger partial charge in [-0.2, -0.15) is 11.8 Å². The van der Waals surface area contributed by atoms with E-state index in [0.29, 0.717) is 5.25 Å². The van der Waals surface area contributed by atoms with Crippen molar-refractivity contribution in [1.29, 1.82) is 0 Å². The monoisotopic (exact) mass is 425 g/mol. The molecule has 2 heterocycles. The number of nitrogens with one attached hydrogen (secondary N) is 1. The van der Waals surface area contributed by atoms with E-state index in [9.17, 15) is 0 Å². The molecule has 6 heteroatoms. The van der Waals surface area contributed by atoms with Crippen LogP contribution in [-0.4, -0.2) is 42.0 Å². The molecule has 1 fully saturated rings. The molecule has 1 aliphatic rings. The zero-order chi connectivity index (χ0) is 13.7. The maximum Gasteiger partial charge on any atom is 0.194 e. The van der Waals surface area contributed by atoms with E-state index in [1.807, 2.05) is 7.05 Å². The van der Waals surface area contributed by atoms with Crippen LogP contribution in [0.1, 0.15) is 18.7 Å². The highest BCUT2D eigenvalue weighted by Gasteiger charge is 2.24. The largest absolute Gasteiger partial charge is 0.351 e. The molecule has 0 aromatic carbocycles. The number of thioether (sulfide) groups is 1. The van der Waals surface area contributed by atoms with Crippen molar-refractivity contribution in [3.05, 3.63) is 22.4 Å². The Morgan fingerprint density at radius 3 is 2.95 bits per heavy atom. The van der Waals surface area contributed by atoms with Crippen LogP contribution < -0.4 is 5.32 Å². The molecular formula is C14H24IN3S2. The maximum absolute atomic E-state index is 4.43. The Morgan fingerprint density at radius 2 is 2.35 bits per heavy atom. The van der Waals surface area contributed by atoms with E-state index in [1.54, 1.807) is 11.3 Å². The SMILES string of the molecule is CN=C(NCc1cccs1)N1CCSC(C(C)C)C1.I. The fourth-order valence-corrected chi connectivity index (χ4v) is 4.13. The minimum absolute atomic E-state index is 0. The number of guanidine groups is 1. The molecule has 1 unspecified atom stereocenters. The molecule has 1 atom stereocenters. The van der Waals surface area contributed by atoms with Gasteiger partial charge in [0.1, 0.15) is 0 Å². The highest BCUT2D eigenvalue weighted by atomic mass is 127. The van der Waals surface area contributed by atoms with E-state index >= 15 is 0 Å². The molecule has 0 aliphatic carbocycles. The minimum Gasteiger partial charge on any atom is -0.351 e. The normalized spacial score (nSPS) is 19.9. The third-order valence-corrected chi connectivity index (χ3v) is 5.77. The van der Waals surface area contributed by atoms with Crippen LogP contribution in [0.15, 0.2) is 22.5 Å². The number of thiophene rings is 1. The van der Waals surface area contributed by atoms with Gasteiger partial charge < -0.3 is 10.2 Å². The predicted octanol–water partition coefficient (Wildman–Crippen LogP) is 3.51. The number of rotatable bonds is 3. The van der Waals surface area contributed by atoms with Crippen LogP contribution in [0.25, 0.3) is 0 Å². The van der Waals surface area contributed by atoms with Crippen molar-refractivity contribution in [1.82, 2.24) is 10.2 Å². The van der Waals surface area contributed by atoms with Crippen molar-refractivity contribution in [2.24, 2.45) is 10.9 Å². The summed E-state index contributed by atoms with van der Waals surface area (Å²) >= 11 is 3.88. The number of nitrogens with zero attached hydrogens (tertiary/aromatic N) is 2. The van der Waals surface area contributed by atoms with Gasteiger partial charge in [0, 0.05) is 36.0 Å². The predicted molar refractivity (Wildman–Crippen MR) is 103 cm³/mol. The van der Waals surface area contributed by atoms with Crippen molar-refractivity contribution in [2.45, 2.75) is 25.6 Å². The van der Waals surface area contributed by atoms with Gasteiger partial charge in [-0.1, -0.05) is 19.9 Å². The zero-order valence-electron chi connectivity index (χ0n) is 12.3. The Hall–Kier alpha value is 0.0500. The quantitative estimate of drug-likeness (QED) is 0.456. The fraction of sp³-hybridized carbons (Fsp3) is 0.643. The van der Waals surface area contributed by atoms with Gasteiger partial charge in [-0.3, -0.25) is 4.99 Å². The van der Waals surface area contributed by atoms with E-state index in [-0.39, 0.29) is 24.0 Å². The molecule has 2 rings (SSSR count). The van der Waals surface area contributed by atoms with Crippen LogP contribution in [-0.2, 0) is 6.54 Å². The average molecular weight is 425 g/mol. The summed E-state index contributed by atoms with van der Waals surface area (Å²) in [5.41, 5.74) is 0. The lowest BCUT2D eigenvalue weighted by Gasteiger charge is -2.36. The molecular weight excluding hydrogens is 401 g/mol. The smallest absolute Gasteiger partial charge is 0.194 e. The van der Waals surface area contributed by atoms with Crippen molar-refractivity contribution in [2.75, 3.05) is 25.9 Å². The third kappa shape index (κ3) is 5.11. The van der Waals surface area contributed by atoms with Gasteiger partial charge in [0.2, 0.25) is 0 Å². The van der Waals surface area contributed by atoms with Gasteiger partial charge in [0.15, 0.2) is 5.96 Å². The van der Waals surface area contributed by atoms with Crippen LogP contribution in [0.4, 0.5) is 0 Å². The highest BCUT2D eigenvalue weighted by Crippen LogP contribution is 2.24. The van der Waals surface area contributed by atoms with E-state index in [4.69, 9.17) is 0 Å². The van der Waals surface area contributed by atoms with E-state index in [1.165, 1.54) is 10.6 Å². The molecule has 3 nitrogen and oxygen atoms in total. The highest BCUT2D eigenvalue weighted by molar-refractivity contribution is 14.0. The first-order valence-corrected chi connectivity index (χ1v) is 8.73. The number of aliphatic imine (C=N–C) groups is 1. The van der Waals surface area contributed by atoms with Gasteiger partial charge in [0.05, 0.1) is 6.54 Å². The maximum atomic E-state index is 4.43. The Balaban J connectivity index is 0.00000200. The molecule has 0 amide bonds. The van der Waals surface area contributed by atoms with E-state index < -0.39 is 0 Å². The van der Waals surface area contributed by atoms with Crippen molar-refractivity contribution in [3.63, 3.8) is 0 Å². The van der Waals surface area contributed by atoms with Gasteiger partial charge in [0.25, 0.3) is 0 Å². The summed E-state index contributed by atoms with van der Waals surface area (Å²) in [4.78, 5) is 8.18. The Kier molecular flexibility index (Phi) is 8.28. The molecule has 114 valence electrons. The van der Waals surface area contributed by atoms with Gasteiger partial charge in [-0.25, -0.2) is 0 Å². The lowest BCUT2D eigenvalue weighted by molar-refractivity contribution is 0.381. The summed E-state index contributed by atoms with van der Waals surface area (Å²) in [6.45, 7) is 7.69. The molecule has 0 radical (unpaired) electrons. The first-order chi connectivity index (χ1) is 9.20. The second-order valence-electron chi connectivity index (χ2n) is 5.08. The second-order valence-corrected chi connectivity index (χ2v) is 7.46. The molecule has 1 aromatic heterocycles. The zero-order valence-corrected chi connectivity index (χ0v) is 16.3. The van der Waals surface area contributed by atoms with Gasteiger partial charge in [-0.15, -0.1) is 35.3 Å². The van der Waals surface area contributed by atoms with E-state index in [2.05, 4.69) is 58.3 Å². The first-order valence-electron chi connectivity index (χ1n) is 6.80. The lowest BCUT2D eigenvalue weighted by atomic mass is 10.1. The molecule has 0 spiro atoms. The van der Waals surface area contributed by atoms with Gasteiger partial charge in [-0.05, 0) is 17.4 Å². The lowest BCUT2D eigenvalue weighted by Crippen LogP contribution is -2.48. The molecule has 0 saturated carbocycles. The molecule has 0 bridgehead atoms. The average Bonchev–Trinajstić information content (AvgIpc) is 2.93. The minimum atomic E-state index is 0. The topological polar surface area (TPSA) is 27.6 Å². The molecule has 1 aliphatic heterocycles. The van der Waals surface area contributed by atoms with Crippen LogP contribution in [0, 0.1) is 5.92 Å². The van der Waals surface area contributed by atoms with E-state index in [0.717, 1.165) is 31.5 Å². The summed E-state index contributed by atoms with van der Waals surface area (Å²) in [6, 6.07) is 4.25. The Labute approximate surface area is 147 Å². The summed E-state index contributed by atoms with van der Waals surface area (Å²) in [5, 5.41) is 6.31. The van der Waals surface area contributed by atoms with Crippen molar-refractivity contribution in [3.8, 4) is 0 Å². The third-order valence-electron chi connectivity index (χ3n) is 3.35. The van der Waals surface area contributed by atoms with Crippen molar-refractivity contribution >= 4 is 53.0 Å². The summed E-state index contributed by atoms with van der Waals surface area (Å²) in [7, 11) is 1.88.